The fourth-order valence-corrected chi connectivity index (χ4v) is 2.46. The van der Waals surface area contributed by atoms with Gasteiger partial charge in [0.05, 0.1) is 5.56 Å². The Kier molecular flexibility index (Phi) is 4.45. The van der Waals surface area contributed by atoms with Crippen LogP contribution in [-0.2, 0) is 6.42 Å². The molecule has 2 aromatic rings. The molecule has 2 rings (SSSR count). The van der Waals surface area contributed by atoms with E-state index in [1.165, 1.54) is 0 Å². The molecule has 0 saturated carbocycles. The van der Waals surface area contributed by atoms with Crippen LogP contribution in [0.25, 0.3) is 0 Å². The molecule has 0 saturated heterocycles. The summed E-state index contributed by atoms with van der Waals surface area (Å²) >= 11 is 3.45. The number of halogens is 1. The Morgan fingerprint density at radius 3 is 2.70 bits per heavy atom. The van der Waals surface area contributed by atoms with Gasteiger partial charge in [0.25, 0.3) is 5.91 Å². The van der Waals surface area contributed by atoms with Gasteiger partial charge in [-0.25, -0.2) is 0 Å². The van der Waals surface area contributed by atoms with Gasteiger partial charge in [-0.15, -0.1) is 0 Å². The van der Waals surface area contributed by atoms with Crippen molar-refractivity contribution in [2.45, 2.75) is 20.3 Å². The number of nitrogens with two attached hydrogens (primary N) is 1. The average molecular weight is 333 g/mol. The van der Waals surface area contributed by atoms with Crippen molar-refractivity contribution in [3.8, 4) is 0 Å². The molecular weight excluding hydrogens is 316 g/mol. The van der Waals surface area contributed by atoms with Crippen LogP contribution in [0.1, 0.15) is 28.4 Å². The molecule has 0 unspecified atom stereocenters. The third-order valence-corrected chi connectivity index (χ3v) is 4.27. The van der Waals surface area contributed by atoms with Crippen LogP contribution in [0.3, 0.4) is 0 Å². The first-order chi connectivity index (χ1) is 9.52. The van der Waals surface area contributed by atoms with E-state index in [0.29, 0.717) is 16.9 Å². The zero-order chi connectivity index (χ0) is 14.7. The van der Waals surface area contributed by atoms with Crippen molar-refractivity contribution in [3.63, 3.8) is 0 Å². The van der Waals surface area contributed by atoms with Crippen molar-refractivity contribution in [2.24, 2.45) is 0 Å². The van der Waals surface area contributed by atoms with Crippen molar-refractivity contribution in [2.75, 3.05) is 11.1 Å². The highest BCUT2D eigenvalue weighted by molar-refractivity contribution is 9.10. The third kappa shape index (κ3) is 3.02. The Balaban J connectivity index is 2.24. The van der Waals surface area contributed by atoms with E-state index in [0.717, 1.165) is 22.0 Å². The number of rotatable bonds is 3. The summed E-state index contributed by atoms with van der Waals surface area (Å²) in [6.07, 6.45) is 0.878. The molecule has 3 nitrogen and oxygen atoms in total. The lowest BCUT2D eigenvalue weighted by Gasteiger charge is -2.10. The Bertz CT molecular complexity index is 653. The van der Waals surface area contributed by atoms with Gasteiger partial charge in [-0.2, -0.15) is 0 Å². The zero-order valence-electron chi connectivity index (χ0n) is 11.5. The number of benzene rings is 2. The Morgan fingerprint density at radius 2 is 2.05 bits per heavy atom. The highest BCUT2D eigenvalue weighted by Crippen LogP contribution is 2.23. The van der Waals surface area contributed by atoms with Gasteiger partial charge in [0.15, 0.2) is 0 Å². The molecule has 0 radical (unpaired) electrons. The number of nitrogen functional groups attached to an aromatic ring is 1. The summed E-state index contributed by atoms with van der Waals surface area (Å²) in [6.45, 7) is 4.00. The highest BCUT2D eigenvalue weighted by atomic mass is 79.9. The van der Waals surface area contributed by atoms with E-state index in [-0.39, 0.29) is 5.91 Å². The minimum atomic E-state index is -0.149. The van der Waals surface area contributed by atoms with Crippen LogP contribution in [0.4, 0.5) is 11.4 Å². The smallest absolute Gasteiger partial charge is 0.256 e. The number of hydrogen-bond acceptors (Lipinski definition) is 2. The molecule has 0 aliphatic rings. The van der Waals surface area contributed by atoms with Crippen molar-refractivity contribution in [1.29, 1.82) is 0 Å². The largest absolute Gasteiger partial charge is 0.398 e. The number of carbonyl (C=O) groups excluding carboxylic acids is 1. The summed E-state index contributed by atoms with van der Waals surface area (Å²) in [7, 11) is 0. The predicted octanol–water partition coefficient (Wildman–Crippen LogP) is 4.15. The summed E-state index contributed by atoms with van der Waals surface area (Å²) in [5.41, 5.74) is 10.1. The topological polar surface area (TPSA) is 55.1 Å². The summed E-state index contributed by atoms with van der Waals surface area (Å²) in [4.78, 5) is 12.3. The lowest BCUT2D eigenvalue weighted by atomic mass is 10.1. The van der Waals surface area contributed by atoms with Crippen molar-refractivity contribution in [3.05, 3.63) is 57.6 Å². The van der Waals surface area contributed by atoms with Gasteiger partial charge in [0.2, 0.25) is 0 Å². The van der Waals surface area contributed by atoms with Crippen molar-refractivity contribution >= 4 is 33.2 Å². The Morgan fingerprint density at radius 1 is 1.30 bits per heavy atom. The van der Waals surface area contributed by atoms with E-state index in [9.17, 15) is 4.79 Å². The minimum absolute atomic E-state index is 0.149. The summed E-state index contributed by atoms with van der Waals surface area (Å²) < 4.78 is 0.815. The van der Waals surface area contributed by atoms with E-state index in [1.807, 2.05) is 38.1 Å². The van der Waals surface area contributed by atoms with Crippen LogP contribution in [0.5, 0.6) is 0 Å². The number of aryl methyl sites for hydroxylation is 2. The van der Waals surface area contributed by atoms with Crippen LogP contribution in [0.2, 0.25) is 0 Å². The first kappa shape index (κ1) is 14.6. The maximum absolute atomic E-state index is 12.3. The second-order valence-electron chi connectivity index (χ2n) is 4.66. The van der Waals surface area contributed by atoms with Gasteiger partial charge in [0.1, 0.15) is 0 Å². The second-order valence-corrected chi connectivity index (χ2v) is 5.45. The molecule has 4 heteroatoms. The van der Waals surface area contributed by atoms with E-state index >= 15 is 0 Å². The lowest BCUT2D eigenvalue weighted by Crippen LogP contribution is -2.13. The van der Waals surface area contributed by atoms with Gasteiger partial charge in [-0.3, -0.25) is 4.79 Å². The number of nitrogens with one attached hydrogen (secondary N) is 1. The average Bonchev–Trinajstić information content (AvgIpc) is 2.42. The van der Waals surface area contributed by atoms with Gasteiger partial charge < -0.3 is 11.1 Å². The number of carbonyl (C=O) groups is 1. The summed E-state index contributed by atoms with van der Waals surface area (Å²) in [5, 5.41) is 2.87. The molecule has 0 spiro atoms. The van der Waals surface area contributed by atoms with E-state index in [2.05, 4.69) is 21.2 Å². The lowest BCUT2D eigenvalue weighted by molar-refractivity contribution is 0.102. The normalized spacial score (nSPS) is 10.3. The molecule has 1 amide bonds. The molecule has 2 aromatic carbocycles. The Hall–Kier alpha value is -1.81. The van der Waals surface area contributed by atoms with Crippen molar-refractivity contribution < 1.29 is 4.79 Å². The van der Waals surface area contributed by atoms with Gasteiger partial charge >= 0.3 is 0 Å². The minimum Gasteiger partial charge on any atom is -0.398 e. The summed E-state index contributed by atoms with van der Waals surface area (Å²) in [6, 6.07) is 11.2. The molecule has 0 atom stereocenters. The van der Waals surface area contributed by atoms with Crippen LogP contribution in [0.15, 0.2) is 40.9 Å². The predicted molar refractivity (Wildman–Crippen MR) is 87.1 cm³/mol. The van der Waals surface area contributed by atoms with Gasteiger partial charge in [0, 0.05) is 15.8 Å². The third-order valence-electron chi connectivity index (χ3n) is 3.22. The number of anilines is 2. The van der Waals surface area contributed by atoms with E-state index in [1.54, 1.807) is 12.1 Å². The molecule has 0 aliphatic heterocycles. The zero-order valence-corrected chi connectivity index (χ0v) is 13.1. The molecule has 0 heterocycles. The fourth-order valence-electron chi connectivity index (χ4n) is 2.02. The molecule has 0 aliphatic carbocycles. The number of amides is 1. The maximum Gasteiger partial charge on any atom is 0.256 e. The molecular formula is C16H17BrN2O. The maximum atomic E-state index is 12.3. The van der Waals surface area contributed by atoms with Gasteiger partial charge in [-0.05, 0) is 58.6 Å². The van der Waals surface area contributed by atoms with E-state index in [4.69, 9.17) is 5.73 Å². The van der Waals surface area contributed by atoms with Crippen LogP contribution in [-0.4, -0.2) is 5.91 Å². The SMILES string of the molecule is CCc1ccc(NC(=O)c2cccc(C)c2Br)cc1N. The highest BCUT2D eigenvalue weighted by Gasteiger charge is 2.11. The quantitative estimate of drug-likeness (QED) is 0.829. The van der Waals surface area contributed by atoms with Gasteiger partial charge in [-0.1, -0.05) is 25.1 Å². The molecule has 0 bridgehead atoms. The monoisotopic (exact) mass is 332 g/mol. The first-order valence-corrected chi connectivity index (χ1v) is 7.27. The second kappa shape index (κ2) is 6.09. The molecule has 20 heavy (non-hydrogen) atoms. The Labute approximate surface area is 127 Å². The van der Waals surface area contributed by atoms with E-state index < -0.39 is 0 Å². The standard InChI is InChI=1S/C16H17BrN2O/c1-3-11-7-8-12(9-14(11)18)19-16(20)13-6-4-5-10(2)15(13)17/h4-9H,3,18H2,1-2H3,(H,19,20). The molecule has 104 valence electrons. The fraction of sp³-hybridized carbons (Fsp3) is 0.188. The van der Waals surface area contributed by atoms with Crippen LogP contribution < -0.4 is 11.1 Å². The van der Waals surface area contributed by atoms with Crippen LogP contribution >= 0.6 is 15.9 Å². The molecule has 3 N–H and O–H groups in total. The number of hydrogen-bond donors (Lipinski definition) is 2. The van der Waals surface area contributed by atoms with Crippen LogP contribution in [0, 0.1) is 6.92 Å². The summed E-state index contributed by atoms with van der Waals surface area (Å²) in [5.74, 6) is -0.149. The molecule has 0 aromatic heterocycles. The molecule has 0 fully saturated rings. The van der Waals surface area contributed by atoms with Crippen molar-refractivity contribution in [1.82, 2.24) is 0 Å². The first-order valence-electron chi connectivity index (χ1n) is 6.47.